The van der Waals surface area contributed by atoms with Gasteiger partial charge in [0.15, 0.2) is 0 Å². The lowest BCUT2D eigenvalue weighted by Crippen LogP contribution is -2.28. The summed E-state index contributed by atoms with van der Waals surface area (Å²) in [5, 5.41) is 9.69. The van der Waals surface area contributed by atoms with E-state index in [2.05, 4.69) is 45.0 Å². The third-order valence-corrected chi connectivity index (χ3v) is 5.11. The molecule has 0 bridgehead atoms. The predicted molar refractivity (Wildman–Crippen MR) is 84.5 cm³/mol. The minimum absolute atomic E-state index is 0.105. The maximum Gasteiger partial charge on any atom is 0.0693 e. The average molecular weight is 269 g/mol. The summed E-state index contributed by atoms with van der Waals surface area (Å²) in [6.07, 6.45) is 8.21. The normalized spacial score (nSPS) is 26.2. The van der Waals surface area contributed by atoms with Crippen molar-refractivity contribution in [1.82, 2.24) is 0 Å². The van der Waals surface area contributed by atoms with Gasteiger partial charge < -0.3 is 0 Å². The second kappa shape index (κ2) is 6.44. The number of aryl methyl sites for hydroxylation is 2. The zero-order valence-electron chi connectivity index (χ0n) is 13.2. The molecule has 0 heterocycles. The van der Waals surface area contributed by atoms with Crippen LogP contribution in [0.3, 0.4) is 0 Å². The topological polar surface area (TPSA) is 23.8 Å². The van der Waals surface area contributed by atoms with Crippen LogP contribution in [0.4, 0.5) is 0 Å². The van der Waals surface area contributed by atoms with E-state index in [0.717, 1.165) is 25.2 Å². The van der Waals surface area contributed by atoms with Crippen LogP contribution in [0.5, 0.6) is 0 Å². The number of nitriles is 1. The summed E-state index contributed by atoms with van der Waals surface area (Å²) in [6, 6.07) is 9.33. The highest BCUT2D eigenvalue weighted by Crippen LogP contribution is 2.42. The molecule has 1 aliphatic carbocycles. The van der Waals surface area contributed by atoms with E-state index in [1.807, 2.05) is 0 Å². The lowest BCUT2D eigenvalue weighted by Gasteiger charge is -2.35. The first-order valence-corrected chi connectivity index (χ1v) is 8.06. The molecule has 0 amide bonds. The lowest BCUT2D eigenvalue weighted by atomic mass is 9.67. The molecule has 1 nitrogen and oxygen atoms in total. The van der Waals surface area contributed by atoms with Crippen LogP contribution in [0, 0.1) is 36.5 Å². The van der Waals surface area contributed by atoms with Gasteiger partial charge in [0.2, 0.25) is 0 Å². The summed E-state index contributed by atoms with van der Waals surface area (Å²) < 4.78 is 0. The number of rotatable bonds is 4. The molecule has 0 unspecified atom stereocenters. The molecule has 0 radical (unpaired) electrons. The second-order valence-corrected chi connectivity index (χ2v) is 6.72. The Morgan fingerprint density at radius 2 is 1.90 bits per heavy atom. The largest absolute Gasteiger partial charge is 0.198 e. The number of nitrogens with zero attached hydrogens (tertiary/aromatic N) is 1. The van der Waals surface area contributed by atoms with Crippen LogP contribution in [-0.2, 0) is 6.42 Å². The Morgan fingerprint density at radius 1 is 1.20 bits per heavy atom. The molecule has 0 aromatic heterocycles. The summed E-state index contributed by atoms with van der Waals surface area (Å²) >= 11 is 0. The third kappa shape index (κ3) is 3.42. The maximum atomic E-state index is 9.69. The van der Waals surface area contributed by atoms with Gasteiger partial charge in [-0.2, -0.15) is 5.26 Å². The van der Waals surface area contributed by atoms with Crippen LogP contribution < -0.4 is 0 Å². The third-order valence-electron chi connectivity index (χ3n) is 5.11. The van der Waals surface area contributed by atoms with Crippen LogP contribution in [0.25, 0.3) is 0 Å². The van der Waals surface area contributed by atoms with Crippen LogP contribution in [0.1, 0.15) is 62.1 Å². The molecule has 1 aliphatic rings. The van der Waals surface area contributed by atoms with E-state index >= 15 is 0 Å². The van der Waals surface area contributed by atoms with E-state index in [9.17, 15) is 5.26 Å². The Kier molecular flexibility index (Phi) is 4.86. The highest BCUT2D eigenvalue weighted by molar-refractivity contribution is 5.31. The molecule has 20 heavy (non-hydrogen) atoms. The monoisotopic (exact) mass is 269 g/mol. The zero-order chi connectivity index (χ0) is 14.6. The van der Waals surface area contributed by atoms with E-state index in [-0.39, 0.29) is 5.41 Å². The van der Waals surface area contributed by atoms with Crippen molar-refractivity contribution in [2.75, 3.05) is 0 Å². The molecular weight excluding hydrogens is 242 g/mol. The number of benzene rings is 1. The molecule has 0 N–H and O–H groups in total. The first-order chi connectivity index (χ1) is 9.58. The van der Waals surface area contributed by atoms with Crippen LogP contribution in [-0.4, -0.2) is 0 Å². The van der Waals surface area contributed by atoms with Gasteiger partial charge in [-0.3, -0.25) is 0 Å². The van der Waals surface area contributed by atoms with Crippen LogP contribution in [0.15, 0.2) is 18.2 Å². The maximum absolute atomic E-state index is 9.69. The Balaban J connectivity index is 2.06. The molecule has 108 valence electrons. The van der Waals surface area contributed by atoms with E-state index < -0.39 is 0 Å². The van der Waals surface area contributed by atoms with E-state index in [0.29, 0.717) is 0 Å². The van der Waals surface area contributed by atoms with Crippen molar-refractivity contribution in [2.45, 2.75) is 65.7 Å². The molecule has 1 heteroatoms. The fraction of sp³-hybridized carbons (Fsp3) is 0.632. The highest BCUT2D eigenvalue weighted by atomic mass is 14.4. The second-order valence-electron chi connectivity index (χ2n) is 6.72. The van der Waals surface area contributed by atoms with Gasteiger partial charge in [0.1, 0.15) is 0 Å². The van der Waals surface area contributed by atoms with Crippen molar-refractivity contribution < 1.29 is 0 Å². The van der Waals surface area contributed by atoms with Crippen molar-refractivity contribution in [3.8, 4) is 6.07 Å². The zero-order valence-corrected chi connectivity index (χ0v) is 13.2. The standard InChI is InChI=1S/C19H27N/c1-4-5-17-8-10-19(14-20,11-9-17)13-18-7-6-15(2)16(3)12-18/h6-7,12,17H,4-5,8-11,13H2,1-3H3. The molecule has 0 aliphatic heterocycles. The first kappa shape index (κ1) is 15.1. The Bertz CT molecular complexity index is 487. The van der Waals surface area contributed by atoms with Crippen molar-refractivity contribution >= 4 is 0 Å². The number of hydrogen-bond donors (Lipinski definition) is 0. The smallest absolute Gasteiger partial charge is 0.0693 e. The Labute approximate surface area is 124 Å². The fourth-order valence-corrected chi connectivity index (χ4v) is 3.56. The molecule has 1 saturated carbocycles. The highest BCUT2D eigenvalue weighted by Gasteiger charge is 2.35. The molecule has 0 atom stereocenters. The Morgan fingerprint density at radius 3 is 2.45 bits per heavy atom. The molecule has 0 spiro atoms. The van der Waals surface area contributed by atoms with Gasteiger partial charge in [0.05, 0.1) is 11.5 Å². The fourth-order valence-electron chi connectivity index (χ4n) is 3.56. The van der Waals surface area contributed by atoms with Gasteiger partial charge in [-0.25, -0.2) is 0 Å². The summed E-state index contributed by atoms with van der Waals surface area (Å²) in [7, 11) is 0. The van der Waals surface area contributed by atoms with Gasteiger partial charge >= 0.3 is 0 Å². The van der Waals surface area contributed by atoms with E-state index in [4.69, 9.17) is 0 Å². The van der Waals surface area contributed by atoms with Gasteiger partial charge in [0.25, 0.3) is 0 Å². The van der Waals surface area contributed by atoms with E-state index in [1.54, 1.807) is 0 Å². The lowest BCUT2D eigenvalue weighted by molar-refractivity contribution is 0.201. The van der Waals surface area contributed by atoms with Crippen molar-refractivity contribution in [3.63, 3.8) is 0 Å². The molecular formula is C19H27N. The van der Waals surface area contributed by atoms with Crippen molar-refractivity contribution in [1.29, 1.82) is 5.26 Å². The minimum atomic E-state index is -0.105. The van der Waals surface area contributed by atoms with E-state index in [1.165, 1.54) is 42.4 Å². The quantitative estimate of drug-likeness (QED) is 0.723. The Hall–Kier alpha value is -1.29. The molecule has 1 aromatic carbocycles. The van der Waals surface area contributed by atoms with Crippen LogP contribution >= 0.6 is 0 Å². The first-order valence-electron chi connectivity index (χ1n) is 8.06. The van der Waals surface area contributed by atoms with Gasteiger partial charge in [-0.15, -0.1) is 0 Å². The molecule has 1 fully saturated rings. The summed E-state index contributed by atoms with van der Waals surface area (Å²) in [5.74, 6) is 0.862. The SMILES string of the molecule is CCCC1CCC(C#N)(Cc2ccc(C)c(C)c2)CC1. The summed E-state index contributed by atoms with van der Waals surface area (Å²) in [4.78, 5) is 0. The number of hydrogen-bond acceptors (Lipinski definition) is 1. The van der Waals surface area contributed by atoms with Crippen molar-refractivity contribution in [2.24, 2.45) is 11.3 Å². The molecule has 1 aromatic rings. The average Bonchev–Trinajstić information content (AvgIpc) is 2.46. The molecule has 0 saturated heterocycles. The molecule has 2 rings (SSSR count). The van der Waals surface area contributed by atoms with Gasteiger partial charge in [-0.1, -0.05) is 38.0 Å². The predicted octanol–water partition coefficient (Wildman–Crippen LogP) is 5.35. The minimum Gasteiger partial charge on any atom is -0.198 e. The van der Waals surface area contributed by atoms with Crippen molar-refractivity contribution in [3.05, 3.63) is 34.9 Å². The summed E-state index contributed by atoms with van der Waals surface area (Å²) in [6.45, 7) is 6.58. The van der Waals surface area contributed by atoms with Gasteiger partial charge in [0, 0.05) is 0 Å². The van der Waals surface area contributed by atoms with Crippen LogP contribution in [0.2, 0.25) is 0 Å². The van der Waals surface area contributed by atoms with Gasteiger partial charge in [-0.05, 0) is 68.6 Å². The summed E-state index contributed by atoms with van der Waals surface area (Å²) in [5.41, 5.74) is 3.91.